The minimum atomic E-state index is -0.302. The quantitative estimate of drug-likeness (QED) is 0.252. The van der Waals surface area contributed by atoms with Gasteiger partial charge in [-0.15, -0.1) is 0 Å². The summed E-state index contributed by atoms with van der Waals surface area (Å²) < 4.78 is 2.66. The Hall–Kier alpha value is -3.80. The highest BCUT2D eigenvalue weighted by atomic mass is 32.1. The molecule has 1 aromatic carbocycles. The zero-order valence-electron chi connectivity index (χ0n) is 20.4. The fraction of sp³-hybridized carbons (Fsp3) is 0.259. The number of fused-ring (bicyclic) bond motifs is 2. The van der Waals surface area contributed by atoms with E-state index in [1.165, 1.54) is 22.7 Å². The molecule has 0 bridgehead atoms. The highest BCUT2D eigenvalue weighted by molar-refractivity contribution is 7.22. The molecule has 0 saturated heterocycles. The molecule has 1 aliphatic carbocycles. The second-order valence-corrected chi connectivity index (χ2v) is 11.3. The molecule has 0 unspecified atom stereocenters. The van der Waals surface area contributed by atoms with E-state index in [1.807, 2.05) is 35.0 Å². The second-order valence-electron chi connectivity index (χ2n) is 9.45. The molecule has 0 aliphatic heterocycles. The van der Waals surface area contributed by atoms with Crippen LogP contribution in [0.2, 0.25) is 0 Å². The number of nitrogens with one attached hydrogen (secondary N) is 2. The molecule has 38 heavy (non-hydrogen) atoms. The molecule has 1 saturated carbocycles. The van der Waals surface area contributed by atoms with E-state index < -0.39 is 0 Å². The summed E-state index contributed by atoms with van der Waals surface area (Å²) in [6.45, 7) is 0.326. The number of hydrogen-bond donors (Lipinski definition) is 4. The molecule has 6 rings (SSSR count). The maximum absolute atomic E-state index is 13.5. The first-order valence-corrected chi connectivity index (χ1v) is 14.2. The number of hydrogen-bond acceptors (Lipinski definition) is 8. The van der Waals surface area contributed by atoms with Crippen LogP contribution in [0.1, 0.15) is 52.1 Å². The molecule has 1 fully saturated rings. The predicted molar refractivity (Wildman–Crippen MR) is 149 cm³/mol. The number of anilines is 1. The number of aromatic nitrogens is 3. The van der Waals surface area contributed by atoms with E-state index in [4.69, 9.17) is 10.7 Å². The molecule has 0 spiro atoms. The number of thiophene rings is 1. The van der Waals surface area contributed by atoms with Gasteiger partial charge in [-0.3, -0.25) is 14.0 Å². The molecule has 0 atom stereocenters. The molecular formula is C27H26N6O3S2. The van der Waals surface area contributed by atoms with Crippen LogP contribution in [-0.4, -0.2) is 43.4 Å². The van der Waals surface area contributed by atoms with E-state index in [0.29, 0.717) is 47.1 Å². The maximum Gasteiger partial charge on any atom is 0.270 e. The van der Waals surface area contributed by atoms with Crippen molar-refractivity contribution in [3.05, 3.63) is 70.2 Å². The van der Waals surface area contributed by atoms with E-state index in [2.05, 4.69) is 15.6 Å². The summed E-state index contributed by atoms with van der Waals surface area (Å²) in [4.78, 5) is 35.9. The van der Waals surface area contributed by atoms with E-state index >= 15 is 0 Å². The predicted octanol–water partition coefficient (Wildman–Crippen LogP) is 4.22. The lowest BCUT2D eigenvalue weighted by molar-refractivity contribution is 0.0862. The average molecular weight is 547 g/mol. The van der Waals surface area contributed by atoms with Crippen LogP contribution >= 0.6 is 22.7 Å². The fourth-order valence-corrected chi connectivity index (χ4v) is 6.35. The topological polar surface area (TPSA) is 135 Å². The monoisotopic (exact) mass is 546 g/mol. The minimum Gasteiger partial charge on any atom is -0.393 e. The summed E-state index contributed by atoms with van der Waals surface area (Å²) in [5.41, 5.74) is 10.1. The van der Waals surface area contributed by atoms with Crippen LogP contribution in [0.5, 0.6) is 0 Å². The Morgan fingerprint density at radius 1 is 1.11 bits per heavy atom. The number of nitrogen functional groups attached to an aromatic ring is 1. The number of carbonyl (C=O) groups excluding carboxylic acids is 2. The van der Waals surface area contributed by atoms with Gasteiger partial charge in [-0.1, -0.05) is 17.4 Å². The van der Waals surface area contributed by atoms with Gasteiger partial charge in [0, 0.05) is 29.7 Å². The third kappa shape index (κ3) is 4.75. The third-order valence-corrected chi connectivity index (χ3v) is 8.39. The first-order valence-electron chi connectivity index (χ1n) is 12.4. The molecular weight excluding hydrogens is 520 g/mol. The number of pyridine rings is 1. The summed E-state index contributed by atoms with van der Waals surface area (Å²) in [6, 6.07) is 11.2. The zero-order valence-corrected chi connectivity index (χ0v) is 22.0. The van der Waals surface area contributed by atoms with Crippen LogP contribution in [0.15, 0.2) is 53.4 Å². The lowest BCUT2D eigenvalue weighted by Crippen LogP contribution is -2.39. The Bertz CT molecular complexity index is 1630. The van der Waals surface area contributed by atoms with E-state index in [9.17, 15) is 14.7 Å². The van der Waals surface area contributed by atoms with Gasteiger partial charge in [-0.25, -0.2) is 9.97 Å². The van der Waals surface area contributed by atoms with Gasteiger partial charge in [0.05, 0.1) is 21.9 Å². The Balaban J connectivity index is 1.30. The number of nitrogens with two attached hydrogens (primary N) is 1. The molecule has 2 amide bonds. The number of imidazole rings is 1. The molecule has 5 aromatic rings. The van der Waals surface area contributed by atoms with Gasteiger partial charge in [-0.2, -0.15) is 11.3 Å². The van der Waals surface area contributed by atoms with Gasteiger partial charge < -0.3 is 21.5 Å². The van der Waals surface area contributed by atoms with Gasteiger partial charge >= 0.3 is 0 Å². The number of aliphatic hydroxyl groups is 1. The van der Waals surface area contributed by atoms with Crippen molar-refractivity contribution < 1.29 is 14.7 Å². The smallest absolute Gasteiger partial charge is 0.270 e. The van der Waals surface area contributed by atoms with E-state index in [-0.39, 0.29) is 24.0 Å². The first kappa shape index (κ1) is 24.5. The Kier molecular flexibility index (Phi) is 6.56. The second kappa shape index (κ2) is 10.2. The van der Waals surface area contributed by atoms with Crippen molar-refractivity contribution in [1.29, 1.82) is 0 Å². The van der Waals surface area contributed by atoms with Crippen molar-refractivity contribution in [1.82, 2.24) is 25.0 Å². The first-order chi connectivity index (χ1) is 18.5. The summed E-state index contributed by atoms with van der Waals surface area (Å²) >= 11 is 2.93. The van der Waals surface area contributed by atoms with Crippen molar-refractivity contribution in [3.63, 3.8) is 0 Å². The molecule has 11 heteroatoms. The minimum absolute atomic E-state index is 0.00973. The van der Waals surface area contributed by atoms with E-state index in [1.54, 1.807) is 22.7 Å². The molecule has 1 aliphatic rings. The van der Waals surface area contributed by atoms with Gasteiger partial charge in [-0.05, 0) is 67.0 Å². The zero-order chi connectivity index (χ0) is 26.2. The van der Waals surface area contributed by atoms with Crippen LogP contribution in [0, 0.1) is 0 Å². The van der Waals surface area contributed by atoms with Gasteiger partial charge in [0.15, 0.2) is 10.8 Å². The largest absolute Gasteiger partial charge is 0.393 e. The number of amides is 2. The maximum atomic E-state index is 13.5. The van der Waals surface area contributed by atoms with Crippen molar-refractivity contribution in [2.24, 2.45) is 0 Å². The van der Waals surface area contributed by atoms with Crippen molar-refractivity contribution in [2.45, 2.75) is 44.4 Å². The van der Waals surface area contributed by atoms with Crippen molar-refractivity contribution in [3.8, 4) is 11.3 Å². The number of benzene rings is 1. The van der Waals surface area contributed by atoms with Gasteiger partial charge in [0.2, 0.25) is 0 Å². The summed E-state index contributed by atoms with van der Waals surface area (Å²) in [5, 5.41) is 20.3. The van der Waals surface area contributed by atoms with Crippen molar-refractivity contribution in [2.75, 3.05) is 5.73 Å². The number of nitrogens with zero attached hydrogens (tertiary/aromatic N) is 3. The Labute approximate surface area is 226 Å². The average Bonchev–Trinajstić information content (AvgIpc) is 3.65. The molecule has 4 aromatic heterocycles. The van der Waals surface area contributed by atoms with Crippen LogP contribution in [0.25, 0.3) is 27.1 Å². The summed E-state index contributed by atoms with van der Waals surface area (Å²) in [6.07, 6.45) is 4.25. The highest BCUT2D eigenvalue weighted by Gasteiger charge is 2.27. The van der Waals surface area contributed by atoms with E-state index in [0.717, 1.165) is 34.2 Å². The lowest BCUT2D eigenvalue weighted by atomic mass is 9.93. The molecule has 194 valence electrons. The number of rotatable bonds is 6. The van der Waals surface area contributed by atoms with Crippen LogP contribution in [0.4, 0.5) is 5.13 Å². The van der Waals surface area contributed by atoms with Crippen LogP contribution in [-0.2, 0) is 6.54 Å². The molecule has 4 heterocycles. The standard InChI is InChI=1S/C27H26N6O3S2/c28-27-31-20-8-3-15(12-21(20)38-27)13-29-25(35)19-2-1-10-33-23(22(32-24(19)33)16-9-11-37-14-16)26(36)30-17-4-6-18(34)7-5-17/h1-3,8-12,14,17-18,34H,4-7,13H2,(H2,28,31)(H,29,35)(H,30,36). The molecule has 0 radical (unpaired) electrons. The SMILES string of the molecule is Nc1nc2ccc(CNC(=O)c3cccn4c(C(=O)NC5CCC(O)CC5)c(-c5ccsc5)nc34)cc2s1. The number of aliphatic hydroxyl groups excluding tert-OH is 1. The van der Waals surface area contributed by atoms with Crippen molar-refractivity contribution >= 4 is 55.5 Å². The van der Waals surface area contributed by atoms with Crippen LogP contribution in [0.3, 0.4) is 0 Å². The molecule has 5 N–H and O–H groups in total. The summed E-state index contributed by atoms with van der Waals surface area (Å²) in [7, 11) is 0. The Morgan fingerprint density at radius 3 is 2.74 bits per heavy atom. The van der Waals surface area contributed by atoms with Gasteiger partial charge in [0.1, 0.15) is 11.4 Å². The number of thiazole rings is 1. The Morgan fingerprint density at radius 2 is 1.95 bits per heavy atom. The normalized spacial score (nSPS) is 17.6. The van der Waals surface area contributed by atoms with Gasteiger partial charge in [0.25, 0.3) is 11.8 Å². The summed E-state index contributed by atoms with van der Waals surface area (Å²) in [5.74, 6) is -0.524. The fourth-order valence-electron chi connectivity index (χ4n) is 4.91. The molecule has 9 nitrogen and oxygen atoms in total. The highest BCUT2D eigenvalue weighted by Crippen LogP contribution is 2.29. The third-order valence-electron chi connectivity index (χ3n) is 6.86. The lowest BCUT2D eigenvalue weighted by Gasteiger charge is -2.26. The van der Waals surface area contributed by atoms with Crippen LogP contribution < -0.4 is 16.4 Å². The number of carbonyl (C=O) groups is 2.